The van der Waals surface area contributed by atoms with Crippen molar-refractivity contribution in [1.29, 1.82) is 0 Å². The van der Waals surface area contributed by atoms with Crippen LogP contribution < -0.4 is 5.73 Å². The van der Waals surface area contributed by atoms with Crippen molar-refractivity contribution in [2.24, 2.45) is 5.73 Å². The van der Waals surface area contributed by atoms with E-state index in [1.165, 1.54) is 25.1 Å². The van der Waals surface area contributed by atoms with Gasteiger partial charge in [-0.15, -0.1) is 0 Å². The van der Waals surface area contributed by atoms with E-state index < -0.39 is 18.1 Å². The van der Waals surface area contributed by atoms with Gasteiger partial charge < -0.3 is 15.9 Å². The number of rotatable bonds is 5. The molecule has 0 aromatic heterocycles. The molecule has 98 valence electrons. The van der Waals surface area contributed by atoms with Crippen LogP contribution in [0.25, 0.3) is 0 Å². The second-order valence-corrected chi connectivity index (χ2v) is 4.39. The van der Waals surface area contributed by atoms with Crippen LogP contribution in [0.3, 0.4) is 0 Å². The fourth-order valence-corrected chi connectivity index (χ4v) is 1.86. The molecule has 5 nitrogen and oxygen atoms in total. The van der Waals surface area contributed by atoms with Crippen molar-refractivity contribution in [2.75, 3.05) is 0 Å². The summed E-state index contributed by atoms with van der Waals surface area (Å²) in [5.74, 6) is -0.910. The Hall–Kier alpha value is -1.43. The zero-order chi connectivity index (χ0) is 13.9. The van der Waals surface area contributed by atoms with E-state index >= 15 is 0 Å². The predicted octanol–water partition coefficient (Wildman–Crippen LogP) is 0.812. The molecule has 0 radical (unpaired) electrons. The molecule has 4 N–H and O–H groups in total. The van der Waals surface area contributed by atoms with Gasteiger partial charge in [0.2, 0.25) is 5.91 Å². The Morgan fingerprint density at radius 2 is 2.00 bits per heavy atom. The molecule has 6 heteroatoms. The van der Waals surface area contributed by atoms with E-state index in [2.05, 4.69) is 0 Å². The number of aliphatic hydroxyl groups excluding tert-OH is 2. The average Bonchev–Trinajstić information content (AvgIpc) is 2.26. The van der Waals surface area contributed by atoms with Crippen LogP contribution in [0, 0.1) is 0 Å². The summed E-state index contributed by atoms with van der Waals surface area (Å²) in [6.07, 6.45) is -2.94. The third-order valence-electron chi connectivity index (χ3n) is 2.49. The molecule has 0 saturated heterocycles. The van der Waals surface area contributed by atoms with Gasteiger partial charge >= 0.3 is 0 Å². The molecule has 0 spiro atoms. The Labute approximate surface area is 109 Å². The first-order valence-electron chi connectivity index (χ1n) is 5.27. The standard InChI is InChI=1S/C12H14ClNO4/c1-6(15)8-3-2-7(4-9(8)13)12(18)10(16)5-11(14)17/h2-4,10,12,16,18H,5H2,1H3,(H2,14,17). The van der Waals surface area contributed by atoms with Crippen molar-refractivity contribution in [3.05, 3.63) is 34.3 Å². The van der Waals surface area contributed by atoms with Crippen molar-refractivity contribution in [1.82, 2.24) is 0 Å². The largest absolute Gasteiger partial charge is 0.390 e. The van der Waals surface area contributed by atoms with E-state index in [1.54, 1.807) is 0 Å². The van der Waals surface area contributed by atoms with Crippen LogP contribution in [-0.2, 0) is 4.79 Å². The Bertz CT molecular complexity index is 475. The van der Waals surface area contributed by atoms with E-state index in [1.807, 2.05) is 0 Å². The molecule has 1 aromatic carbocycles. The van der Waals surface area contributed by atoms with Gasteiger partial charge in [-0.25, -0.2) is 0 Å². The van der Waals surface area contributed by atoms with Crippen LogP contribution in [0.1, 0.15) is 35.4 Å². The van der Waals surface area contributed by atoms with Gasteiger partial charge in [0, 0.05) is 5.56 Å². The maximum absolute atomic E-state index is 11.2. The normalized spacial score (nSPS) is 14.0. The second-order valence-electron chi connectivity index (χ2n) is 3.98. The molecule has 18 heavy (non-hydrogen) atoms. The first kappa shape index (κ1) is 14.6. The minimum absolute atomic E-state index is 0.185. The third kappa shape index (κ3) is 3.53. The van der Waals surface area contributed by atoms with Crippen molar-refractivity contribution >= 4 is 23.3 Å². The molecule has 0 bridgehead atoms. The molecule has 1 amide bonds. The zero-order valence-corrected chi connectivity index (χ0v) is 10.5. The summed E-state index contributed by atoms with van der Waals surface area (Å²) in [5, 5.41) is 19.5. The number of halogens is 1. The number of carbonyl (C=O) groups is 2. The smallest absolute Gasteiger partial charge is 0.220 e. The Morgan fingerprint density at radius 3 is 2.44 bits per heavy atom. The molecule has 0 aliphatic heterocycles. The van der Waals surface area contributed by atoms with E-state index in [0.717, 1.165) is 0 Å². The molecule has 0 heterocycles. The highest BCUT2D eigenvalue weighted by atomic mass is 35.5. The van der Waals surface area contributed by atoms with Gasteiger partial charge in [-0.05, 0) is 24.6 Å². The molecule has 2 unspecified atom stereocenters. The lowest BCUT2D eigenvalue weighted by Gasteiger charge is -2.17. The lowest BCUT2D eigenvalue weighted by Crippen LogP contribution is -2.25. The molecule has 0 aliphatic carbocycles. The van der Waals surface area contributed by atoms with Crippen LogP contribution >= 0.6 is 11.6 Å². The van der Waals surface area contributed by atoms with Crippen LogP contribution in [0.2, 0.25) is 5.02 Å². The second kappa shape index (κ2) is 5.95. The quantitative estimate of drug-likeness (QED) is 0.690. The number of hydrogen-bond donors (Lipinski definition) is 3. The van der Waals surface area contributed by atoms with Gasteiger partial charge in [0.25, 0.3) is 0 Å². The maximum Gasteiger partial charge on any atom is 0.220 e. The molecule has 0 saturated carbocycles. The van der Waals surface area contributed by atoms with Gasteiger partial charge in [-0.1, -0.05) is 17.7 Å². The van der Waals surface area contributed by atoms with Gasteiger partial charge in [-0.2, -0.15) is 0 Å². The molecule has 1 aromatic rings. The van der Waals surface area contributed by atoms with Crippen LogP contribution in [0.5, 0.6) is 0 Å². The fraction of sp³-hybridized carbons (Fsp3) is 0.333. The van der Waals surface area contributed by atoms with Gasteiger partial charge in [0.05, 0.1) is 17.5 Å². The van der Waals surface area contributed by atoms with E-state index in [-0.39, 0.29) is 17.2 Å². The maximum atomic E-state index is 11.2. The summed E-state index contributed by atoms with van der Waals surface area (Å²) in [4.78, 5) is 21.8. The highest BCUT2D eigenvalue weighted by molar-refractivity contribution is 6.33. The molecule has 1 rings (SSSR count). The highest BCUT2D eigenvalue weighted by Gasteiger charge is 2.21. The van der Waals surface area contributed by atoms with E-state index in [4.69, 9.17) is 17.3 Å². The first-order chi connectivity index (χ1) is 8.32. The molecular formula is C12H14ClNO4. The molecule has 2 atom stereocenters. The summed E-state index contributed by atoms with van der Waals surface area (Å²) in [7, 11) is 0. The number of carbonyl (C=O) groups excluding carboxylic acids is 2. The molecular weight excluding hydrogens is 258 g/mol. The van der Waals surface area contributed by atoms with E-state index in [9.17, 15) is 19.8 Å². The monoisotopic (exact) mass is 271 g/mol. The van der Waals surface area contributed by atoms with Crippen molar-refractivity contribution in [3.63, 3.8) is 0 Å². The lowest BCUT2D eigenvalue weighted by atomic mass is 10.00. The zero-order valence-electron chi connectivity index (χ0n) is 9.76. The summed E-state index contributed by atoms with van der Waals surface area (Å²) >= 11 is 5.87. The number of hydrogen-bond acceptors (Lipinski definition) is 4. The van der Waals surface area contributed by atoms with Crippen LogP contribution in [0.4, 0.5) is 0 Å². The van der Waals surface area contributed by atoms with Crippen molar-refractivity contribution in [2.45, 2.75) is 25.6 Å². The average molecular weight is 272 g/mol. The summed E-state index contributed by atoms with van der Waals surface area (Å²) in [6.45, 7) is 1.37. The number of ketones is 1. The first-order valence-corrected chi connectivity index (χ1v) is 5.65. The van der Waals surface area contributed by atoms with Gasteiger partial charge in [0.15, 0.2) is 5.78 Å². The minimum atomic E-state index is -1.30. The number of benzene rings is 1. The summed E-state index contributed by atoms with van der Waals surface area (Å²) < 4.78 is 0. The summed E-state index contributed by atoms with van der Waals surface area (Å²) in [5.41, 5.74) is 5.57. The molecule has 0 aliphatic rings. The Morgan fingerprint density at radius 1 is 1.39 bits per heavy atom. The predicted molar refractivity (Wildman–Crippen MR) is 66.2 cm³/mol. The Balaban J connectivity index is 2.93. The minimum Gasteiger partial charge on any atom is -0.390 e. The summed E-state index contributed by atoms with van der Waals surface area (Å²) in [6, 6.07) is 4.31. The molecule has 0 fully saturated rings. The van der Waals surface area contributed by atoms with Gasteiger partial charge in [-0.3, -0.25) is 9.59 Å². The van der Waals surface area contributed by atoms with Gasteiger partial charge in [0.1, 0.15) is 6.10 Å². The van der Waals surface area contributed by atoms with Crippen LogP contribution in [0.15, 0.2) is 18.2 Å². The fourth-order valence-electron chi connectivity index (χ4n) is 1.54. The topological polar surface area (TPSA) is 101 Å². The van der Waals surface area contributed by atoms with Crippen LogP contribution in [-0.4, -0.2) is 28.0 Å². The van der Waals surface area contributed by atoms with Crippen molar-refractivity contribution in [3.8, 4) is 0 Å². The van der Waals surface area contributed by atoms with Crippen molar-refractivity contribution < 1.29 is 19.8 Å². The van der Waals surface area contributed by atoms with E-state index in [0.29, 0.717) is 11.1 Å². The Kier molecular flexibility index (Phi) is 4.84. The number of aliphatic hydroxyl groups is 2. The highest BCUT2D eigenvalue weighted by Crippen LogP contribution is 2.25. The lowest BCUT2D eigenvalue weighted by molar-refractivity contribution is -0.121. The number of Topliss-reactive ketones (excluding diaryl/α,β-unsaturated/α-hetero) is 1. The number of amides is 1. The SMILES string of the molecule is CC(=O)c1ccc(C(O)C(O)CC(N)=O)cc1Cl. The third-order valence-corrected chi connectivity index (χ3v) is 2.80. The number of primary amides is 1. The number of nitrogens with two attached hydrogens (primary N) is 1.